The molecule has 0 spiro atoms. The maximum atomic E-state index is 12.2. The van der Waals surface area contributed by atoms with Crippen LogP contribution in [0.15, 0.2) is 34.9 Å². The van der Waals surface area contributed by atoms with Crippen molar-refractivity contribution in [3.8, 4) is 0 Å². The maximum Gasteiger partial charge on any atom is 0.211 e. The summed E-state index contributed by atoms with van der Waals surface area (Å²) in [7, 11) is 0. The van der Waals surface area contributed by atoms with E-state index in [1.807, 2.05) is 6.92 Å². The van der Waals surface area contributed by atoms with Crippen LogP contribution in [-0.4, -0.2) is 15.6 Å². The number of nitrogens with zero attached hydrogens (tertiary/aromatic N) is 2. The largest absolute Gasteiger partial charge is 0.287 e. The summed E-state index contributed by atoms with van der Waals surface area (Å²) in [5.74, 6) is -0.0706. The van der Waals surface area contributed by atoms with Gasteiger partial charge in [-0.05, 0) is 47.1 Å². The van der Waals surface area contributed by atoms with E-state index < -0.39 is 0 Å². The summed E-state index contributed by atoms with van der Waals surface area (Å²) in [6, 6.07) is 6.87. The molecule has 1 aromatic carbocycles. The van der Waals surface area contributed by atoms with Gasteiger partial charge in [0.2, 0.25) is 5.78 Å². The van der Waals surface area contributed by atoms with E-state index in [9.17, 15) is 4.79 Å². The highest BCUT2D eigenvalue weighted by atomic mass is 79.9. The quantitative estimate of drug-likeness (QED) is 0.812. The number of carbonyl (C=O) groups is 1. The van der Waals surface area contributed by atoms with Gasteiger partial charge in [-0.2, -0.15) is 5.10 Å². The molecule has 2 rings (SSSR count). The Morgan fingerprint density at radius 2 is 2.24 bits per heavy atom. The van der Waals surface area contributed by atoms with Crippen LogP contribution in [0.5, 0.6) is 0 Å². The van der Waals surface area contributed by atoms with E-state index in [-0.39, 0.29) is 5.78 Å². The molecule has 0 atom stereocenters. The van der Waals surface area contributed by atoms with Crippen molar-refractivity contribution in [2.45, 2.75) is 13.5 Å². The van der Waals surface area contributed by atoms with Gasteiger partial charge in [0.1, 0.15) is 5.69 Å². The second-order valence-corrected chi connectivity index (χ2v) is 4.75. The van der Waals surface area contributed by atoms with Crippen LogP contribution in [0.25, 0.3) is 0 Å². The van der Waals surface area contributed by atoms with Crippen LogP contribution in [0.4, 0.5) is 0 Å². The standard InChI is InChI=1S/C12H10BrClN2O/c1-2-16-11(5-6-15-16)12(17)8-3-4-9(13)10(14)7-8/h3-7H,2H2,1H3. The van der Waals surface area contributed by atoms with E-state index in [0.29, 0.717) is 22.8 Å². The molecule has 17 heavy (non-hydrogen) atoms. The number of benzene rings is 1. The molecule has 5 heteroatoms. The van der Waals surface area contributed by atoms with Crippen molar-refractivity contribution in [2.24, 2.45) is 0 Å². The Labute approximate surface area is 113 Å². The zero-order valence-electron chi connectivity index (χ0n) is 9.15. The van der Waals surface area contributed by atoms with Gasteiger partial charge < -0.3 is 0 Å². The molecular formula is C12H10BrClN2O. The molecule has 0 aliphatic heterocycles. The van der Waals surface area contributed by atoms with Crippen LogP contribution in [0.1, 0.15) is 23.0 Å². The molecule has 2 aromatic rings. The van der Waals surface area contributed by atoms with E-state index in [2.05, 4.69) is 21.0 Å². The summed E-state index contributed by atoms with van der Waals surface area (Å²) in [6.45, 7) is 2.61. The Balaban J connectivity index is 2.40. The molecule has 0 aliphatic rings. The van der Waals surface area contributed by atoms with Crippen LogP contribution >= 0.6 is 27.5 Å². The van der Waals surface area contributed by atoms with Gasteiger partial charge in [0.25, 0.3) is 0 Å². The highest BCUT2D eigenvalue weighted by Crippen LogP contribution is 2.24. The molecule has 0 aliphatic carbocycles. The Bertz CT molecular complexity index is 565. The number of rotatable bonds is 3. The smallest absolute Gasteiger partial charge is 0.211 e. The SMILES string of the molecule is CCn1nccc1C(=O)c1ccc(Br)c(Cl)c1. The molecular weight excluding hydrogens is 304 g/mol. The van der Waals surface area contributed by atoms with Crippen molar-refractivity contribution in [3.05, 3.63) is 51.2 Å². The molecule has 0 fully saturated rings. The highest BCUT2D eigenvalue weighted by Gasteiger charge is 2.14. The number of halogens is 2. The average molecular weight is 314 g/mol. The van der Waals surface area contributed by atoms with Crippen molar-refractivity contribution in [1.29, 1.82) is 0 Å². The number of ketones is 1. The molecule has 0 saturated heterocycles. The third kappa shape index (κ3) is 2.42. The lowest BCUT2D eigenvalue weighted by molar-refractivity contribution is 0.102. The molecule has 0 bridgehead atoms. The van der Waals surface area contributed by atoms with Gasteiger partial charge in [-0.1, -0.05) is 11.6 Å². The van der Waals surface area contributed by atoms with Gasteiger partial charge >= 0.3 is 0 Å². The number of aromatic nitrogens is 2. The Hall–Kier alpha value is -1.13. The summed E-state index contributed by atoms with van der Waals surface area (Å²) < 4.78 is 2.44. The Morgan fingerprint density at radius 1 is 1.47 bits per heavy atom. The van der Waals surface area contributed by atoms with Crippen LogP contribution in [0.2, 0.25) is 5.02 Å². The zero-order chi connectivity index (χ0) is 12.4. The van der Waals surface area contributed by atoms with Crippen molar-refractivity contribution in [3.63, 3.8) is 0 Å². The highest BCUT2D eigenvalue weighted by molar-refractivity contribution is 9.10. The van der Waals surface area contributed by atoms with Crippen LogP contribution in [0.3, 0.4) is 0 Å². The molecule has 88 valence electrons. The Morgan fingerprint density at radius 3 is 2.88 bits per heavy atom. The second-order valence-electron chi connectivity index (χ2n) is 3.49. The van der Waals surface area contributed by atoms with Gasteiger partial charge in [-0.3, -0.25) is 9.48 Å². The Kier molecular flexibility index (Phi) is 3.64. The summed E-state index contributed by atoms with van der Waals surface area (Å²) in [4.78, 5) is 12.2. The van der Waals surface area contributed by atoms with E-state index in [0.717, 1.165) is 4.47 Å². The summed E-state index contributed by atoms with van der Waals surface area (Å²) in [6.07, 6.45) is 1.62. The first-order valence-corrected chi connectivity index (χ1v) is 6.32. The fraction of sp³-hybridized carbons (Fsp3) is 0.167. The van der Waals surface area contributed by atoms with E-state index in [1.165, 1.54) is 0 Å². The molecule has 1 aromatic heterocycles. The normalized spacial score (nSPS) is 10.5. The molecule has 3 nitrogen and oxygen atoms in total. The first-order valence-electron chi connectivity index (χ1n) is 5.15. The minimum Gasteiger partial charge on any atom is -0.287 e. The first kappa shape index (κ1) is 12.3. The monoisotopic (exact) mass is 312 g/mol. The fourth-order valence-corrected chi connectivity index (χ4v) is 1.99. The second kappa shape index (κ2) is 5.02. The molecule has 0 unspecified atom stereocenters. The summed E-state index contributed by atoms with van der Waals surface area (Å²) in [5.41, 5.74) is 1.14. The predicted octanol–water partition coefficient (Wildman–Crippen LogP) is 3.55. The van der Waals surface area contributed by atoms with E-state index in [1.54, 1.807) is 35.1 Å². The van der Waals surface area contributed by atoms with Crippen LogP contribution < -0.4 is 0 Å². The maximum absolute atomic E-state index is 12.2. The van der Waals surface area contributed by atoms with Gasteiger partial charge in [0.05, 0.1) is 5.02 Å². The number of carbonyl (C=O) groups excluding carboxylic acids is 1. The van der Waals surface area contributed by atoms with Gasteiger partial charge in [-0.25, -0.2) is 0 Å². The van der Waals surface area contributed by atoms with Crippen molar-refractivity contribution >= 4 is 33.3 Å². The molecule has 0 radical (unpaired) electrons. The summed E-state index contributed by atoms with van der Waals surface area (Å²) in [5, 5.41) is 4.60. The first-order chi connectivity index (χ1) is 8.13. The average Bonchev–Trinajstić information content (AvgIpc) is 2.80. The fourth-order valence-electron chi connectivity index (χ4n) is 1.56. The molecule has 0 amide bonds. The van der Waals surface area contributed by atoms with Gasteiger partial charge in [0, 0.05) is 22.8 Å². The van der Waals surface area contributed by atoms with Gasteiger partial charge in [-0.15, -0.1) is 0 Å². The summed E-state index contributed by atoms with van der Waals surface area (Å²) >= 11 is 9.27. The van der Waals surface area contributed by atoms with E-state index >= 15 is 0 Å². The predicted molar refractivity (Wildman–Crippen MR) is 70.5 cm³/mol. The lowest BCUT2D eigenvalue weighted by Gasteiger charge is -2.05. The van der Waals surface area contributed by atoms with E-state index in [4.69, 9.17) is 11.6 Å². The molecule has 0 saturated carbocycles. The number of aryl methyl sites for hydroxylation is 1. The topological polar surface area (TPSA) is 34.9 Å². The van der Waals surface area contributed by atoms with Gasteiger partial charge in [0.15, 0.2) is 0 Å². The van der Waals surface area contributed by atoms with Crippen LogP contribution in [0, 0.1) is 0 Å². The third-order valence-electron chi connectivity index (χ3n) is 2.43. The number of hydrogen-bond donors (Lipinski definition) is 0. The minimum absolute atomic E-state index is 0.0706. The lowest BCUT2D eigenvalue weighted by atomic mass is 10.1. The van der Waals surface area contributed by atoms with Crippen molar-refractivity contribution in [2.75, 3.05) is 0 Å². The molecule has 0 N–H and O–H groups in total. The number of hydrogen-bond acceptors (Lipinski definition) is 2. The molecule has 1 heterocycles. The van der Waals surface area contributed by atoms with Crippen molar-refractivity contribution < 1.29 is 4.79 Å². The lowest BCUT2D eigenvalue weighted by Crippen LogP contribution is -2.10. The van der Waals surface area contributed by atoms with Crippen LogP contribution in [-0.2, 0) is 6.54 Å². The third-order valence-corrected chi connectivity index (χ3v) is 3.66. The minimum atomic E-state index is -0.0706. The zero-order valence-corrected chi connectivity index (χ0v) is 11.5. The van der Waals surface area contributed by atoms with Crippen molar-refractivity contribution in [1.82, 2.24) is 9.78 Å².